The number of anilines is 1. The maximum atomic E-state index is 8.69. The van der Waals surface area contributed by atoms with Gasteiger partial charge in [-0.15, -0.1) is 0 Å². The molecule has 1 aliphatic rings. The Kier molecular flexibility index (Phi) is 4.82. The molecule has 1 aromatic rings. The fourth-order valence-corrected chi connectivity index (χ4v) is 3.52. The van der Waals surface area contributed by atoms with Gasteiger partial charge in [0, 0.05) is 11.3 Å². The SMILES string of the molecule is CCSC1CCCCC1Nc1cnc(C#N)cn1. The number of aromatic nitrogens is 2. The van der Waals surface area contributed by atoms with Crippen molar-refractivity contribution in [3.05, 3.63) is 18.1 Å². The van der Waals surface area contributed by atoms with Crippen LogP contribution in [0.15, 0.2) is 12.4 Å². The zero-order chi connectivity index (χ0) is 12.8. The van der Waals surface area contributed by atoms with Crippen molar-refractivity contribution < 1.29 is 0 Å². The quantitative estimate of drug-likeness (QED) is 0.904. The predicted molar refractivity (Wildman–Crippen MR) is 74.5 cm³/mol. The lowest BCUT2D eigenvalue weighted by Gasteiger charge is -2.31. The minimum Gasteiger partial charge on any atom is -0.365 e. The van der Waals surface area contributed by atoms with Crippen LogP contribution < -0.4 is 5.32 Å². The molecule has 18 heavy (non-hydrogen) atoms. The monoisotopic (exact) mass is 262 g/mol. The smallest absolute Gasteiger partial charge is 0.158 e. The third kappa shape index (κ3) is 3.36. The Morgan fingerprint density at radius 1 is 1.39 bits per heavy atom. The van der Waals surface area contributed by atoms with E-state index in [1.54, 1.807) is 6.20 Å². The minimum atomic E-state index is 0.365. The van der Waals surface area contributed by atoms with E-state index in [0.29, 0.717) is 17.0 Å². The summed E-state index contributed by atoms with van der Waals surface area (Å²) >= 11 is 2.02. The Morgan fingerprint density at radius 3 is 2.89 bits per heavy atom. The minimum absolute atomic E-state index is 0.365. The van der Waals surface area contributed by atoms with E-state index in [0.717, 1.165) is 11.6 Å². The van der Waals surface area contributed by atoms with Crippen molar-refractivity contribution in [2.75, 3.05) is 11.1 Å². The van der Waals surface area contributed by atoms with E-state index in [1.807, 2.05) is 17.8 Å². The summed E-state index contributed by atoms with van der Waals surface area (Å²) in [5.41, 5.74) is 0.365. The van der Waals surface area contributed by atoms with Gasteiger partial charge >= 0.3 is 0 Å². The van der Waals surface area contributed by atoms with Crippen molar-refractivity contribution in [2.24, 2.45) is 0 Å². The van der Waals surface area contributed by atoms with Crippen LogP contribution in [-0.4, -0.2) is 27.0 Å². The normalized spacial score (nSPS) is 23.3. The van der Waals surface area contributed by atoms with Gasteiger partial charge in [-0.3, -0.25) is 0 Å². The zero-order valence-electron chi connectivity index (χ0n) is 10.6. The number of nitriles is 1. The van der Waals surface area contributed by atoms with E-state index in [4.69, 9.17) is 5.26 Å². The fraction of sp³-hybridized carbons (Fsp3) is 0.615. The molecule has 5 heteroatoms. The van der Waals surface area contributed by atoms with Crippen LogP contribution in [-0.2, 0) is 0 Å². The van der Waals surface area contributed by atoms with Gasteiger partial charge < -0.3 is 5.32 Å². The van der Waals surface area contributed by atoms with Gasteiger partial charge in [-0.1, -0.05) is 19.8 Å². The van der Waals surface area contributed by atoms with Crippen molar-refractivity contribution in [3.8, 4) is 6.07 Å². The number of thioether (sulfide) groups is 1. The van der Waals surface area contributed by atoms with Crippen molar-refractivity contribution in [2.45, 2.75) is 43.9 Å². The standard InChI is InChI=1S/C13H18N4S/c1-2-18-12-6-4-3-5-11(12)17-13-9-15-10(7-14)8-16-13/h8-9,11-12H,2-6H2,1H3,(H,16,17). The topological polar surface area (TPSA) is 61.6 Å². The van der Waals surface area contributed by atoms with E-state index in [9.17, 15) is 0 Å². The molecule has 0 aromatic carbocycles. The lowest BCUT2D eigenvalue weighted by Crippen LogP contribution is -2.34. The molecule has 1 N–H and O–H groups in total. The second kappa shape index (κ2) is 6.60. The van der Waals surface area contributed by atoms with Gasteiger partial charge in [-0.25, -0.2) is 9.97 Å². The molecule has 96 valence electrons. The van der Waals surface area contributed by atoms with Crippen LogP contribution in [0.4, 0.5) is 5.82 Å². The number of hydrogen-bond acceptors (Lipinski definition) is 5. The van der Waals surface area contributed by atoms with Gasteiger partial charge in [-0.2, -0.15) is 17.0 Å². The van der Waals surface area contributed by atoms with Gasteiger partial charge in [0.2, 0.25) is 0 Å². The maximum absolute atomic E-state index is 8.69. The zero-order valence-corrected chi connectivity index (χ0v) is 11.4. The first-order valence-electron chi connectivity index (χ1n) is 6.43. The van der Waals surface area contributed by atoms with E-state index in [2.05, 4.69) is 22.2 Å². The molecule has 0 aliphatic heterocycles. The van der Waals surface area contributed by atoms with E-state index in [-0.39, 0.29) is 0 Å². The molecule has 0 amide bonds. The van der Waals surface area contributed by atoms with Gasteiger partial charge in [0.05, 0.1) is 12.4 Å². The summed E-state index contributed by atoms with van der Waals surface area (Å²) in [4.78, 5) is 8.27. The van der Waals surface area contributed by atoms with Crippen LogP contribution in [0.5, 0.6) is 0 Å². The molecule has 1 aliphatic carbocycles. The summed E-state index contributed by atoms with van der Waals surface area (Å²) in [6, 6.07) is 2.46. The van der Waals surface area contributed by atoms with Crippen LogP contribution in [0.1, 0.15) is 38.3 Å². The largest absolute Gasteiger partial charge is 0.365 e. The van der Waals surface area contributed by atoms with Crippen molar-refractivity contribution in [3.63, 3.8) is 0 Å². The molecule has 0 spiro atoms. The molecule has 0 saturated heterocycles. The highest BCUT2D eigenvalue weighted by atomic mass is 32.2. The molecule has 0 bridgehead atoms. The fourth-order valence-electron chi connectivity index (χ4n) is 2.33. The Bertz CT molecular complexity index is 410. The molecule has 4 nitrogen and oxygen atoms in total. The average molecular weight is 262 g/mol. The predicted octanol–water partition coefficient (Wildman–Crippen LogP) is 2.82. The lowest BCUT2D eigenvalue weighted by atomic mass is 9.95. The van der Waals surface area contributed by atoms with Gasteiger partial charge in [0.15, 0.2) is 5.69 Å². The molecule has 2 rings (SSSR count). The number of rotatable bonds is 4. The second-order valence-electron chi connectivity index (χ2n) is 4.43. The lowest BCUT2D eigenvalue weighted by molar-refractivity contribution is 0.473. The maximum Gasteiger partial charge on any atom is 0.158 e. The summed E-state index contributed by atoms with van der Waals surface area (Å²) in [6.07, 6.45) is 8.25. The number of hydrogen-bond donors (Lipinski definition) is 1. The van der Waals surface area contributed by atoms with E-state index < -0.39 is 0 Å². The van der Waals surface area contributed by atoms with Crippen LogP contribution in [0.3, 0.4) is 0 Å². The highest BCUT2D eigenvalue weighted by Gasteiger charge is 2.25. The van der Waals surface area contributed by atoms with Crippen molar-refractivity contribution >= 4 is 17.6 Å². The summed E-state index contributed by atoms with van der Waals surface area (Å²) < 4.78 is 0. The molecule has 1 heterocycles. The summed E-state index contributed by atoms with van der Waals surface area (Å²) in [5, 5.41) is 12.8. The van der Waals surface area contributed by atoms with Crippen LogP contribution in [0.2, 0.25) is 0 Å². The number of nitrogens with one attached hydrogen (secondary N) is 1. The molecule has 1 fully saturated rings. The van der Waals surface area contributed by atoms with Crippen molar-refractivity contribution in [1.82, 2.24) is 9.97 Å². The highest BCUT2D eigenvalue weighted by molar-refractivity contribution is 7.99. The summed E-state index contributed by atoms with van der Waals surface area (Å²) in [5.74, 6) is 1.93. The van der Waals surface area contributed by atoms with Crippen LogP contribution in [0.25, 0.3) is 0 Å². The molecule has 2 atom stereocenters. The third-order valence-corrected chi connectivity index (χ3v) is 4.51. The molecular formula is C13H18N4S. The van der Waals surface area contributed by atoms with Crippen LogP contribution in [0, 0.1) is 11.3 Å². The molecule has 1 saturated carbocycles. The Labute approximate surface area is 112 Å². The molecule has 2 unspecified atom stereocenters. The first-order valence-corrected chi connectivity index (χ1v) is 7.48. The molecular weight excluding hydrogens is 244 g/mol. The first kappa shape index (κ1) is 13.2. The third-order valence-electron chi connectivity index (χ3n) is 3.18. The van der Waals surface area contributed by atoms with E-state index in [1.165, 1.54) is 31.9 Å². The van der Waals surface area contributed by atoms with E-state index >= 15 is 0 Å². The second-order valence-corrected chi connectivity index (χ2v) is 5.94. The molecule has 0 radical (unpaired) electrons. The average Bonchev–Trinajstić information content (AvgIpc) is 2.42. The Morgan fingerprint density at radius 2 is 2.22 bits per heavy atom. The van der Waals surface area contributed by atoms with Crippen LogP contribution >= 0.6 is 11.8 Å². The van der Waals surface area contributed by atoms with Crippen molar-refractivity contribution in [1.29, 1.82) is 5.26 Å². The highest BCUT2D eigenvalue weighted by Crippen LogP contribution is 2.30. The number of nitrogens with zero attached hydrogens (tertiary/aromatic N) is 3. The Hall–Kier alpha value is -1.28. The summed E-state index contributed by atoms with van der Waals surface area (Å²) in [6.45, 7) is 2.21. The molecule has 1 aromatic heterocycles. The van der Waals surface area contributed by atoms with Gasteiger partial charge in [0.25, 0.3) is 0 Å². The van der Waals surface area contributed by atoms with Gasteiger partial charge in [0.1, 0.15) is 11.9 Å². The van der Waals surface area contributed by atoms with Gasteiger partial charge in [-0.05, 0) is 18.6 Å². The Balaban J connectivity index is 1.99. The first-order chi connectivity index (χ1) is 8.83. The summed E-state index contributed by atoms with van der Waals surface area (Å²) in [7, 11) is 0.